The molecular weight excluding hydrogens is 433 g/mol. The number of halogens is 3. The highest BCUT2D eigenvalue weighted by Crippen LogP contribution is 2.34. The molecule has 162 valence electrons. The molecule has 3 aromatic rings. The molecule has 7 nitrogen and oxygen atoms in total. The monoisotopic (exact) mass is 451 g/mol. The predicted octanol–water partition coefficient (Wildman–Crippen LogP) is 2.98. The van der Waals surface area contributed by atoms with E-state index in [-0.39, 0.29) is 17.2 Å². The van der Waals surface area contributed by atoms with Crippen LogP contribution in [-0.4, -0.2) is 27.3 Å². The second-order valence-corrected chi connectivity index (χ2v) is 8.81. The SMILES string of the molecule is C=CC(=O)NCc1cc(-c2ccc(OC(F)(F)F)cc2)c2[n+]#cn(C)c2c1[S@@](C)(=N)=O. The van der Waals surface area contributed by atoms with Crippen LogP contribution in [0, 0.1) is 11.1 Å². The third-order valence-electron chi connectivity index (χ3n) is 4.38. The molecule has 1 aromatic heterocycles. The zero-order chi connectivity index (χ0) is 23.0. The Labute approximate surface area is 176 Å². The Kier molecular flexibility index (Phi) is 5.69. The summed E-state index contributed by atoms with van der Waals surface area (Å²) in [7, 11) is -1.61. The Morgan fingerprint density at radius 3 is 2.58 bits per heavy atom. The summed E-state index contributed by atoms with van der Waals surface area (Å²) in [6.07, 6.45) is 0.263. The van der Waals surface area contributed by atoms with E-state index < -0.39 is 22.0 Å². The number of nitrogens with one attached hydrogen (secondary N) is 2. The lowest BCUT2D eigenvalue weighted by Crippen LogP contribution is -2.21. The third-order valence-corrected chi connectivity index (χ3v) is 5.61. The Morgan fingerprint density at radius 1 is 1.39 bits per heavy atom. The van der Waals surface area contributed by atoms with Crippen molar-refractivity contribution >= 4 is 26.7 Å². The van der Waals surface area contributed by atoms with Gasteiger partial charge in [-0.05, 0) is 35.4 Å². The van der Waals surface area contributed by atoms with E-state index in [9.17, 15) is 22.2 Å². The highest BCUT2D eigenvalue weighted by Gasteiger charge is 2.31. The summed E-state index contributed by atoms with van der Waals surface area (Å²) in [6.45, 7) is 3.35. The molecule has 0 saturated heterocycles. The normalized spacial score (nSPS) is 13.3. The summed E-state index contributed by atoms with van der Waals surface area (Å²) < 4.78 is 63.6. The van der Waals surface area contributed by atoms with Crippen molar-refractivity contribution in [2.45, 2.75) is 17.8 Å². The van der Waals surface area contributed by atoms with Crippen LogP contribution in [-0.2, 0) is 28.1 Å². The Hall–Kier alpha value is -3.52. The molecule has 0 aliphatic heterocycles. The topological polar surface area (TPSA) is 98.3 Å². The quantitative estimate of drug-likeness (QED) is 0.563. The summed E-state index contributed by atoms with van der Waals surface area (Å²) >= 11 is 0. The van der Waals surface area contributed by atoms with Gasteiger partial charge in [0.15, 0.2) is 0 Å². The van der Waals surface area contributed by atoms with Crippen LogP contribution in [0.15, 0.2) is 47.9 Å². The number of aryl methyl sites for hydroxylation is 1. The van der Waals surface area contributed by atoms with Crippen LogP contribution < -0.4 is 15.0 Å². The number of aromatic nitrogens is 2. The highest BCUT2D eigenvalue weighted by molar-refractivity contribution is 7.92. The Bertz CT molecular complexity index is 1260. The number of amides is 1. The molecule has 1 heterocycles. The van der Waals surface area contributed by atoms with Gasteiger partial charge in [0.05, 0.1) is 22.3 Å². The maximum absolute atomic E-state index is 12.8. The van der Waals surface area contributed by atoms with Crippen molar-refractivity contribution in [1.82, 2.24) is 9.88 Å². The molecule has 0 saturated carbocycles. The lowest BCUT2D eigenvalue weighted by atomic mass is 10.0. The van der Waals surface area contributed by atoms with E-state index in [1.807, 2.05) is 0 Å². The van der Waals surface area contributed by atoms with Gasteiger partial charge in [-0.1, -0.05) is 18.7 Å². The fourth-order valence-corrected chi connectivity index (χ4v) is 4.41. The fraction of sp³-hybridized carbons (Fsp3) is 0.200. The number of alkyl halides is 3. The lowest BCUT2D eigenvalue weighted by molar-refractivity contribution is -0.274. The minimum atomic E-state index is -4.81. The molecule has 0 unspecified atom stereocenters. The molecule has 1 amide bonds. The molecular formula is C20H18F3N4O3S+. The van der Waals surface area contributed by atoms with Gasteiger partial charge in [0.25, 0.3) is 5.52 Å². The van der Waals surface area contributed by atoms with Crippen molar-refractivity contribution < 1.29 is 31.9 Å². The molecule has 0 radical (unpaired) electrons. The van der Waals surface area contributed by atoms with Crippen LogP contribution in [0.4, 0.5) is 13.2 Å². The molecule has 2 aromatic carbocycles. The molecule has 0 bridgehead atoms. The van der Waals surface area contributed by atoms with Crippen LogP contribution in [0.3, 0.4) is 0 Å². The number of hydrogen-bond acceptors (Lipinski definition) is 4. The van der Waals surface area contributed by atoms with Gasteiger partial charge in [-0.25, -0.2) is 8.99 Å². The van der Waals surface area contributed by atoms with E-state index >= 15 is 0 Å². The van der Waals surface area contributed by atoms with Gasteiger partial charge in [0, 0.05) is 12.8 Å². The number of hydrogen-bond donors (Lipinski definition) is 2. The first-order valence-electron chi connectivity index (χ1n) is 8.81. The van der Waals surface area contributed by atoms with Crippen molar-refractivity contribution in [1.29, 1.82) is 4.78 Å². The minimum Gasteiger partial charge on any atom is -0.406 e. The van der Waals surface area contributed by atoms with Gasteiger partial charge in [0.2, 0.25) is 11.4 Å². The first-order valence-corrected chi connectivity index (χ1v) is 10.8. The molecule has 31 heavy (non-hydrogen) atoms. The Balaban J connectivity index is 2.20. The van der Waals surface area contributed by atoms with Gasteiger partial charge >= 0.3 is 12.7 Å². The van der Waals surface area contributed by atoms with Crippen LogP contribution in [0.1, 0.15) is 5.56 Å². The van der Waals surface area contributed by atoms with Crippen LogP contribution in [0.5, 0.6) is 5.75 Å². The molecule has 11 heteroatoms. The molecule has 0 aliphatic rings. The van der Waals surface area contributed by atoms with Crippen LogP contribution in [0.2, 0.25) is 0 Å². The summed E-state index contributed by atoms with van der Waals surface area (Å²) in [5.41, 5.74) is 2.21. The van der Waals surface area contributed by atoms with Gasteiger partial charge in [-0.2, -0.15) is 9.55 Å². The molecule has 2 N–H and O–H groups in total. The van der Waals surface area contributed by atoms with Crippen molar-refractivity contribution in [3.05, 3.63) is 54.9 Å². The van der Waals surface area contributed by atoms with Gasteiger partial charge in [-0.3, -0.25) is 4.79 Å². The average molecular weight is 451 g/mol. The molecule has 0 aliphatic carbocycles. The second-order valence-electron chi connectivity index (χ2n) is 6.72. The minimum absolute atomic E-state index is 0.0344. The molecule has 0 fully saturated rings. The van der Waals surface area contributed by atoms with Crippen molar-refractivity contribution in [3.8, 4) is 16.9 Å². The molecule has 1 atom stereocenters. The zero-order valence-corrected chi connectivity index (χ0v) is 17.4. The van der Waals surface area contributed by atoms with Gasteiger partial charge in [0.1, 0.15) is 10.6 Å². The van der Waals surface area contributed by atoms with Crippen LogP contribution >= 0.6 is 0 Å². The van der Waals surface area contributed by atoms with Gasteiger partial charge < -0.3 is 10.1 Å². The fourth-order valence-electron chi connectivity index (χ4n) is 3.17. The Morgan fingerprint density at radius 2 is 2.03 bits per heavy atom. The van der Waals surface area contributed by atoms with Crippen molar-refractivity contribution in [3.63, 3.8) is 0 Å². The number of carbonyl (C=O) groups is 1. The standard InChI is InChI=1S/C20H17F3N4O3S/c1-4-16(28)25-10-13-9-15(12-5-7-14(8-6-12)30-20(21,22)23)17-18(27(2)11-26-17)19(13)31(3,24)29/h4-9,24H,1,10H2,2-3H3/p+1/t31-/m0/s1. The maximum atomic E-state index is 12.8. The number of benzene rings is 2. The summed E-state index contributed by atoms with van der Waals surface area (Å²) in [5, 5.41) is 2.60. The largest absolute Gasteiger partial charge is 0.573 e. The first-order chi connectivity index (χ1) is 14.4. The third kappa shape index (κ3) is 4.80. The van der Waals surface area contributed by atoms with Crippen molar-refractivity contribution in [2.75, 3.05) is 6.26 Å². The number of rotatable bonds is 6. The summed E-state index contributed by atoms with van der Waals surface area (Å²) in [4.78, 5) is 16.1. The number of ether oxygens (including phenoxy) is 1. The highest BCUT2D eigenvalue weighted by atomic mass is 32.2. The summed E-state index contributed by atoms with van der Waals surface area (Å²) in [6, 6.07) is 6.81. The average Bonchev–Trinajstić information content (AvgIpc) is 3.05. The first kappa shape index (κ1) is 22.2. The lowest BCUT2D eigenvalue weighted by Gasteiger charge is -2.13. The summed E-state index contributed by atoms with van der Waals surface area (Å²) in [5.74, 6) is -0.830. The smallest absolute Gasteiger partial charge is 0.406 e. The molecule has 3 rings (SSSR count). The van der Waals surface area contributed by atoms with E-state index in [1.54, 1.807) is 13.1 Å². The van der Waals surface area contributed by atoms with E-state index in [1.165, 1.54) is 35.1 Å². The van der Waals surface area contributed by atoms with Crippen molar-refractivity contribution in [2.24, 2.45) is 7.05 Å². The second kappa shape index (κ2) is 7.96. The van der Waals surface area contributed by atoms with Gasteiger partial charge in [-0.15, -0.1) is 13.2 Å². The van der Waals surface area contributed by atoms with E-state index in [0.29, 0.717) is 27.7 Å². The predicted molar refractivity (Wildman–Crippen MR) is 107 cm³/mol. The zero-order valence-electron chi connectivity index (χ0n) is 16.5. The van der Waals surface area contributed by atoms with E-state index in [4.69, 9.17) is 4.78 Å². The van der Waals surface area contributed by atoms with E-state index in [2.05, 4.69) is 27.9 Å². The number of carbonyl (C=O) groups excluding carboxylic acids is 1. The number of nitrogens with zero attached hydrogens (tertiary/aromatic N) is 2. The molecule has 0 spiro atoms. The van der Waals surface area contributed by atoms with E-state index in [0.717, 1.165) is 6.08 Å². The number of fused-ring (bicyclic) bond motifs is 1. The maximum Gasteiger partial charge on any atom is 0.573 e. The van der Waals surface area contributed by atoms with Crippen LogP contribution in [0.25, 0.3) is 22.2 Å².